The van der Waals surface area contributed by atoms with Gasteiger partial charge in [-0.05, 0) is 31.4 Å². The summed E-state index contributed by atoms with van der Waals surface area (Å²) in [5, 5.41) is 4.37. The minimum atomic E-state index is -0.678. The second-order valence-electron chi connectivity index (χ2n) is 4.92. The molecule has 2 aromatic rings. The van der Waals surface area contributed by atoms with Crippen molar-refractivity contribution in [1.82, 2.24) is 9.78 Å². The highest BCUT2D eigenvalue weighted by Gasteiger charge is 2.27. The number of rotatable bonds is 4. The number of hydrogen-bond donors (Lipinski definition) is 1. The van der Waals surface area contributed by atoms with Crippen LogP contribution in [0.1, 0.15) is 28.2 Å². The quantitative estimate of drug-likeness (QED) is 0.849. The van der Waals surface area contributed by atoms with Crippen molar-refractivity contribution in [3.05, 3.63) is 47.3 Å². The lowest BCUT2D eigenvalue weighted by Crippen LogP contribution is -2.21. The van der Waals surface area contributed by atoms with Gasteiger partial charge in [0.1, 0.15) is 0 Å². The molecule has 0 bridgehead atoms. The van der Waals surface area contributed by atoms with E-state index in [0.29, 0.717) is 0 Å². The Bertz CT molecular complexity index is 692. The van der Waals surface area contributed by atoms with E-state index >= 15 is 0 Å². The minimum Gasteiger partial charge on any atom is -0.451 e. The first-order valence-electron chi connectivity index (χ1n) is 6.78. The molecular formula is C15H15N3O3. The molecule has 3 rings (SSSR count). The predicted octanol–water partition coefficient (Wildman–Crippen LogP) is 1.00. The van der Waals surface area contributed by atoms with Crippen LogP contribution in [0.3, 0.4) is 0 Å². The molecule has 1 heterocycles. The van der Waals surface area contributed by atoms with Crippen LogP contribution in [0.4, 0.5) is 0 Å². The van der Waals surface area contributed by atoms with Crippen LogP contribution < -0.4 is 5.73 Å². The van der Waals surface area contributed by atoms with Gasteiger partial charge in [-0.3, -0.25) is 4.79 Å². The molecule has 2 N–H and O–H groups in total. The summed E-state index contributed by atoms with van der Waals surface area (Å²) in [5.74, 6) is -1.27. The third-order valence-electron chi connectivity index (χ3n) is 3.47. The molecule has 6 nitrogen and oxygen atoms in total. The zero-order chi connectivity index (χ0) is 14.8. The van der Waals surface area contributed by atoms with Crippen molar-refractivity contribution in [3.63, 3.8) is 0 Å². The lowest BCUT2D eigenvalue weighted by atomic mass is 10.2. The Kier molecular flexibility index (Phi) is 3.43. The number of carbonyl (C=O) groups excluding carboxylic acids is 2. The Hall–Kier alpha value is -2.63. The van der Waals surface area contributed by atoms with Crippen LogP contribution in [0.5, 0.6) is 0 Å². The van der Waals surface area contributed by atoms with E-state index in [1.54, 1.807) is 4.68 Å². The molecule has 0 atom stereocenters. The number of nitrogens with two attached hydrogens (primary N) is 1. The average molecular weight is 285 g/mol. The summed E-state index contributed by atoms with van der Waals surface area (Å²) in [5.41, 5.74) is 8.12. The van der Waals surface area contributed by atoms with Crippen molar-refractivity contribution in [2.75, 3.05) is 6.61 Å². The number of aromatic nitrogens is 2. The first kappa shape index (κ1) is 13.4. The van der Waals surface area contributed by atoms with Gasteiger partial charge in [0.05, 0.1) is 5.69 Å². The largest absolute Gasteiger partial charge is 0.451 e. The fourth-order valence-electron chi connectivity index (χ4n) is 2.59. The molecule has 0 spiro atoms. The van der Waals surface area contributed by atoms with E-state index < -0.39 is 18.5 Å². The summed E-state index contributed by atoms with van der Waals surface area (Å²) < 4.78 is 6.66. The molecule has 1 aliphatic rings. The second kappa shape index (κ2) is 5.40. The summed E-state index contributed by atoms with van der Waals surface area (Å²) in [7, 11) is 0. The van der Waals surface area contributed by atoms with Gasteiger partial charge < -0.3 is 10.5 Å². The average Bonchev–Trinajstić information content (AvgIpc) is 3.07. The number of esters is 1. The number of ether oxygens (including phenoxy) is 1. The summed E-state index contributed by atoms with van der Waals surface area (Å²) in [6.45, 7) is -0.425. The molecule has 0 aliphatic heterocycles. The summed E-state index contributed by atoms with van der Waals surface area (Å²) in [6, 6.07) is 9.64. The Labute approximate surface area is 121 Å². The first-order valence-corrected chi connectivity index (χ1v) is 6.78. The molecule has 1 aromatic carbocycles. The number of benzene rings is 1. The van der Waals surface area contributed by atoms with Gasteiger partial charge >= 0.3 is 5.97 Å². The maximum absolute atomic E-state index is 12.0. The van der Waals surface area contributed by atoms with E-state index in [0.717, 1.165) is 36.2 Å². The lowest BCUT2D eigenvalue weighted by molar-refractivity contribution is -0.121. The standard InChI is InChI=1S/C15H15N3O3/c16-13(19)9-21-15(20)14-11-7-4-8-12(11)18(17-14)10-5-2-1-3-6-10/h1-3,5-6H,4,7-9H2,(H2,16,19). The maximum atomic E-state index is 12.0. The molecule has 0 saturated carbocycles. The maximum Gasteiger partial charge on any atom is 0.359 e. The fraction of sp³-hybridized carbons (Fsp3) is 0.267. The first-order chi connectivity index (χ1) is 10.2. The van der Waals surface area contributed by atoms with Crippen LogP contribution in [0.25, 0.3) is 5.69 Å². The van der Waals surface area contributed by atoms with Crippen LogP contribution in [0, 0.1) is 0 Å². The summed E-state index contributed by atoms with van der Waals surface area (Å²) in [4.78, 5) is 22.8. The number of fused-ring (bicyclic) bond motifs is 1. The number of para-hydroxylation sites is 1. The lowest BCUT2D eigenvalue weighted by Gasteiger charge is -2.04. The van der Waals surface area contributed by atoms with Gasteiger partial charge in [-0.15, -0.1) is 0 Å². The zero-order valence-electron chi connectivity index (χ0n) is 11.4. The topological polar surface area (TPSA) is 87.2 Å². The van der Waals surface area contributed by atoms with Gasteiger partial charge in [-0.1, -0.05) is 18.2 Å². The van der Waals surface area contributed by atoms with E-state index in [1.165, 1.54) is 0 Å². The fourth-order valence-corrected chi connectivity index (χ4v) is 2.59. The molecule has 21 heavy (non-hydrogen) atoms. The van der Waals surface area contributed by atoms with Crippen molar-refractivity contribution in [2.45, 2.75) is 19.3 Å². The highest BCUT2D eigenvalue weighted by molar-refractivity contribution is 5.91. The molecular weight excluding hydrogens is 270 g/mol. The second-order valence-corrected chi connectivity index (χ2v) is 4.92. The molecule has 1 aromatic heterocycles. The highest BCUT2D eigenvalue weighted by Crippen LogP contribution is 2.28. The molecule has 108 valence electrons. The van der Waals surface area contributed by atoms with E-state index in [2.05, 4.69) is 5.10 Å². The number of amides is 1. The van der Waals surface area contributed by atoms with E-state index in [4.69, 9.17) is 10.5 Å². The van der Waals surface area contributed by atoms with Crippen molar-refractivity contribution < 1.29 is 14.3 Å². The predicted molar refractivity (Wildman–Crippen MR) is 75.1 cm³/mol. The normalized spacial score (nSPS) is 13.0. The number of primary amides is 1. The molecule has 0 fully saturated rings. The highest BCUT2D eigenvalue weighted by atomic mass is 16.5. The monoisotopic (exact) mass is 285 g/mol. The Balaban J connectivity index is 1.96. The van der Waals surface area contributed by atoms with Crippen molar-refractivity contribution in [2.24, 2.45) is 5.73 Å². The summed E-state index contributed by atoms with van der Waals surface area (Å²) in [6.07, 6.45) is 2.65. The van der Waals surface area contributed by atoms with Gasteiger partial charge in [0.25, 0.3) is 5.91 Å². The van der Waals surface area contributed by atoms with Crippen LogP contribution in [-0.4, -0.2) is 28.3 Å². The Morgan fingerprint density at radius 1 is 1.24 bits per heavy atom. The molecule has 6 heteroatoms. The van der Waals surface area contributed by atoms with Crippen LogP contribution >= 0.6 is 0 Å². The van der Waals surface area contributed by atoms with Gasteiger partial charge in [0.15, 0.2) is 12.3 Å². The molecule has 0 saturated heterocycles. The van der Waals surface area contributed by atoms with Crippen molar-refractivity contribution in [1.29, 1.82) is 0 Å². The van der Waals surface area contributed by atoms with Gasteiger partial charge in [-0.2, -0.15) is 5.10 Å². The van der Waals surface area contributed by atoms with E-state index in [9.17, 15) is 9.59 Å². The van der Waals surface area contributed by atoms with Crippen molar-refractivity contribution in [3.8, 4) is 5.69 Å². The van der Waals surface area contributed by atoms with Crippen molar-refractivity contribution >= 4 is 11.9 Å². The smallest absolute Gasteiger partial charge is 0.359 e. The third kappa shape index (κ3) is 2.52. The SMILES string of the molecule is NC(=O)COC(=O)c1nn(-c2ccccc2)c2c1CCC2. The number of nitrogens with zero attached hydrogens (tertiary/aromatic N) is 2. The van der Waals surface area contributed by atoms with Crippen LogP contribution in [0.15, 0.2) is 30.3 Å². The Morgan fingerprint density at radius 2 is 2.00 bits per heavy atom. The van der Waals surface area contributed by atoms with Gasteiger partial charge in [-0.25, -0.2) is 9.48 Å². The summed E-state index contributed by atoms with van der Waals surface area (Å²) >= 11 is 0. The van der Waals surface area contributed by atoms with E-state index in [1.807, 2.05) is 30.3 Å². The minimum absolute atomic E-state index is 0.285. The molecule has 0 unspecified atom stereocenters. The third-order valence-corrected chi connectivity index (χ3v) is 3.47. The number of hydrogen-bond acceptors (Lipinski definition) is 4. The Morgan fingerprint density at radius 3 is 2.71 bits per heavy atom. The van der Waals surface area contributed by atoms with Gasteiger partial charge in [0, 0.05) is 11.3 Å². The zero-order valence-corrected chi connectivity index (χ0v) is 11.4. The molecule has 0 radical (unpaired) electrons. The van der Waals surface area contributed by atoms with Crippen LogP contribution in [0.2, 0.25) is 0 Å². The molecule has 1 amide bonds. The van der Waals surface area contributed by atoms with E-state index in [-0.39, 0.29) is 5.69 Å². The molecule has 1 aliphatic carbocycles. The number of carbonyl (C=O) groups is 2. The van der Waals surface area contributed by atoms with Crippen LogP contribution in [-0.2, 0) is 22.4 Å². The van der Waals surface area contributed by atoms with Gasteiger partial charge in [0.2, 0.25) is 0 Å².